The minimum atomic E-state index is 0.0490. The Morgan fingerprint density at radius 3 is 2.58 bits per heavy atom. The lowest BCUT2D eigenvalue weighted by Crippen LogP contribution is -2.23. The standard InChI is InChI=1S/C19H22ClNO2S/c1-2-23-18-10-6-4-7-15(18)13-21-19(22)11-12-24-14-16-8-3-5-9-17(16)20/h3-10H,2,11-14H2,1H3,(H,21,22). The van der Waals surface area contributed by atoms with E-state index in [4.69, 9.17) is 16.3 Å². The van der Waals surface area contributed by atoms with Gasteiger partial charge in [-0.25, -0.2) is 0 Å². The molecule has 0 aliphatic carbocycles. The predicted molar refractivity (Wildman–Crippen MR) is 102 cm³/mol. The molecule has 2 aromatic carbocycles. The number of para-hydroxylation sites is 1. The maximum atomic E-state index is 12.0. The van der Waals surface area contributed by atoms with Gasteiger partial charge in [0, 0.05) is 35.1 Å². The van der Waals surface area contributed by atoms with Crippen LogP contribution in [0.4, 0.5) is 0 Å². The summed E-state index contributed by atoms with van der Waals surface area (Å²) in [6, 6.07) is 15.6. The van der Waals surface area contributed by atoms with Crippen LogP contribution in [0.25, 0.3) is 0 Å². The van der Waals surface area contributed by atoms with Crippen molar-refractivity contribution in [3.05, 3.63) is 64.7 Å². The third kappa shape index (κ3) is 6.10. The molecule has 5 heteroatoms. The SMILES string of the molecule is CCOc1ccccc1CNC(=O)CCSCc1ccccc1Cl. The summed E-state index contributed by atoms with van der Waals surface area (Å²) in [5.41, 5.74) is 2.10. The second kappa shape index (κ2) is 10.3. The Hall–Kier alpha value is -1.65. The maximum Gasteiger partial charge on any atom is 0.221 e. The molecule has 0 spiro atoms. The average Bonchev–Trinajstić information content (AvgIpc) is 2.59. The van der Waals surface area contributed by atoms with E-state index in [9.17, 15) is 4.79 Å². The largest absolute Gasteiger partial charge is 0.494 e. The molecular formula is C19H22ClNO2S. The molecule has 0 atom stereocenters. The Bertz CT molecular complexity index is 663. The van der Waals surface area contributed by atoms with Crippen LogP contribution in [0.15, 0.2) is 48.5 Å². The van der Waals surface area contributed by atoms with Crippen LogP contribution in [0, 0.1) is 0 Å². The van der Waals surface area contributed by atoms with Gasteiger partial charge in [0.25, 0.3) is 0 Å². The van der Waals surface area contributed by atoms with Gasteiger partial charge in [-0.2, -0.15) is 11.8 Å². The van der Waals surface area contributed by atoms with Gasteiger partial charge in [0.2, 0.25) is 5.91 Å². The minimum Gasteiger partial charge on any atom is -0.494 e. The predicted octanol–water partition coefficient (Wildman–Crippen LogP) is 4.68. The molecule has 3 nitrogen and oxygen atoms in total. The first-order valence-electron chi connectivity index (χ1n) is 7.99. The topological polar surface area (TPSA) is 38.3 Å². The number of ether oxygens (including phenoxy) is 1. The quantitative estimate of drug-likeness (QED) is 0.657. The summed E-state index contributed by atoms with van der Waals surface area (Å²) in [4.78, 5) is 12.0. The fraction of sp³-hybridized carbons (Fsp3) is 0.316. The van der Waals surface area contributed by atoms with Gasteiger partial charge in [0.05, 0.1) is 6.61 Å². The number of thioether (sulfide) groups is 1. The van der Waals surface area contributed by atoms with Crippen molar-refractivity contribution in [3.8, 4) is 5.75 Å². The highest BCUT2D eigenvalue weighted by Gasteiger charge is 2.06. The number of amides is 1. The van der Waals surface area contributed by atoms with Crippen molar-refractivity contribution < 1.29 is 9.53 Å². The number of carbonyl (C=O) groups excluding carboxylic acids is 1. The van der Waals surface area contributed by atoms with Crippen molar-refractivity contribution in [2.45, 2.75) is 25.6 Å². The van der Waals surface area contributed by atoms with E-state index in [1.807, 2.05) is 55.5 Å². The van der Waals surface area contributed by atoms with Crippen molar-refractivity contribution in [1.29, 1.82) is 0 Å². The number of hydrogen-bond donors (Lipinski definition) is 1. The highest BCUT2D eigenvalue weighted by Crippen LogP contribution is 2.21. The first-order chi connectivity index (χ1) is 11.7. The second-order valence-corrected chi connectivity index (χ2v) is 6.72. The molecule has 0 aromatic heterocycles. The van der Waals surface area contributed by atoms with Gasteiger partial charge in [0.1, 0.15) is 5.75 Å². The molecular weight excluding hydrogens is 342 g/mol. The van der Waals surface area contributed by atoms with Crippen LogP contribution in [0.2, 0.25) is 5.02 Å². The molecule has 1 amide bonds. The molecule has 0 saturated carbocycles. The lowest BCUT2D eigenvalue weighted by atomic mass is 10.2. The highest BCUT2D eigenvalue weighted by atomic mass is 35.5. The van der Waals surface area contributed by atoms with E-state index in [1.54, 1.807) is 11.8 Å². The molecule has 24 heavy (non-hydrogen) atoms. The van der Waals surface area contributed by atoms with E-state index in [-0.39, 0.29) is 5.91 Å². The first kappa shape index (κ1) is 18.7. The van der Waals surface area contributed by atoms with Gasteiger partial charge >= 0.3 is 0 Å². The molecule has 2 aromatic rings. The Morgan fingerprint density at radius 2 is 1.83 bits per heavy atom. The van der Waals surface area contributed by atoms with Crippen molar-refractivity contribution in [2.24, 2.45) is 0 Å². The number of hydrogen-bond acceptors (Lipinski definition) is 3. The zero-order chi connectivity index (χ0) is 17.2. The van der Waals surface area contributed by atoms with E-state index >= 15 is 0 Å². The van der Waals surface area contributed by atoms with Gasteiger partial charge in [-0.15, -0.1) is 0 Å². The lowest BCUT2D eigenvalue weighted by Gasteiger charge is -2.11. The molecule has 0 aliphatic rings. The third-order valence-corrected chi connectivity index (χ3v) is 4.81. The highest BCUT2D eigenvalue weighted by molar-refractivity contribution is 7.98. The van der Waals surface area contributed by atoms with Crippen molar-refractivity contribution >= 4 is 29.3 Å². The number of halogens is 1. The number of benzene rings is 2. The van der Waals surface area contributed by atoms with Crippen LogP contribution in [0.1, 0.15) is 24.5 Å². The van der Waals surface area contributed by atoms with E-state index in [0.717, 1.165) is 33.4 Å². The average molecular weight is 364 g/mol. The molecule has 1 N–H and O–H groups in total. The number of carbonyl (C=O) groups is 1. The van der Waals surface area contributed by atoms with E-state index < -0.39 is 0 Å². The lowest BCUT2D eigenvalue weighted by molar-refractivity contribution is -0.120. The fourth-order valence-electron chi connectivity index (χ4n) is 2.19. The van der Waals surface area contributed by atoms with Crippen molar-refractivity contribution in [1.82, 2.24) is 5.32 Å². The molecule has 0 bridgehead atoms. The summed E-state index contributed by atoms with van der Waals surface area (Å²) in [7, 11) is 0. The molecule has 128 valence electrons. The van der Waals surface area contributed by atoms with Gasteiger partial charge in [-0.1, -0.05) is 48.0 Å². The number of nitrogens with one attached hydrogen (secondary N) is 1. The molecule has 0 aliphatic heterocycles. The van der Waals surface area contributed by atoms with Crippen molar-refractivity contribution in [3.63, 3.8) is 0 Å². The molecule has 0 heterocycles. The summed E-state index contributed by atoms with van der Waals surface area (Å²) in [6.07, 6.45) is 0.492. The zero-order valence-electron chi connectivity index (χ0n) is 13.8. The molecule has 0 radical (unpaired) electrons. The van der Waals surface area contributed by atoms with Gasteiger partial charge in [-0.3, -0.25) is 4.79 Å². The molecule has 0 unspecified atom stereocenters. The van der Waals surface area contributed by atoms with Crippen LogP contribution in [0.3, 0.4) is 0 Å². The summed E-state index contributed by atoms with van der Waals surface area (Å²) in [6.45, 7) is 3.05. The van der Waals surface area contributed by atoms with Crippen LogP contribution in [-0.4, -0.2) is 18.3 Å². The third-order valence-electron chi connectivity index (χ3n) is 3.44. The molecule has 0 fully saturated rings. The van der Waals surface area contributed by atoms with E-state index in [0.29, 0.717) is 19.6 Å². The smallest absolute Gasteiger partial charge is 0.221 e. The van der Waals surface area contributed by atoms with Crippen LogP contribution >= 0.6 is 23.4 Å². The number of rotatable bonds is 9. The zero-order valence-corrected chi connectivity index (χ0v) is 15.3. The Balaban J connectivity index is 1.69. The maximum absolute atomic E-state index is 12.0. The molecule has 0 saturated heterocycles. The normalized spacial score (nSPS) is 10.4. The summed E-state index contributed by atoms with van der Waals surface area (Å²) < 4.78 is 5.56. The van der Waals surface area contributed by atoms with Crippen LogP contribution in [0.5, 0.6) is 5.75 Å². The Kier molecular flexibility index (Phi) is 7.99. The summed E-state index contributed by atoms with van der Waals surface area (Å²) in [5, 5.41) is 3.73. The van der Waals surface area contributed by atoms with E-state index in [1.165, 1.54) is 0 Å². The fourth-order valence-corrected chi connectivity index (χ4v) is 3.42. The van der Waals surface area contributed by atoms with Gasteiger partial charge < -0.3 is 10.1 Å². The minimum absolute atomic E-state index is 0.0490. The van der Waals surface area contributed by atoms with Crippen LogP contribution in [-0.2, 0) is 17.1 Å². The second-order valence-electron chi connectivity index (χ2n) is 5.21. The summed E-state index contributed by atoms with van der Waals surface area (Å²) >= 11 is 7.83. The van der Waals surface area contributed by atoms with Crippen molar-refractivity contribution in [2.75, 3.05) is 12.4 Å². The Labute approximate surface area is 152 Å². The molecule has 2 rings (SSSR count). The monoisotopic (exact) mass is 363 g/mol. The van der Waals surface area contributed by atoms with Crippen LogP contribution < -0.4 is 10.1 Å². The van der Waals surface area contributed by atoms with E-state index in [2.05, 4.69) is 5.32 Å². The first-order valence-corrected chi connectivity index (χ1v) is 9.52. The van der Waals surface area contributed by atoms with Gasteiger partial charge in [0.15, 0.2) is 0 Å². The summed E-state index contributed by atoms with van der Waals surface area (Å²) in [5.74, 6) is 2.46. The van der Waals surface area contributed by atoms with Gasteiger partial charge in [-0.05, 0) is 24.6 Å². The Morgan fingerprint density at radius 1 is 1.12 bits per heavy atom.